The molecular formula is C15H24N2O2S. The van der Waals surface area contributed by atoms with E-state index in [2.05, 4.69) is 0 Å². The molecule has 5 heteroatoms. The summed E-state index contributed by atoms with van der Waals surface area (Å²) < 4.78 is 26.6. The first kappa shape index (κ1) is 15.5. The van der Waals surface area contributed by atoms with Gasteiger partial charge in [0.15, 0.2) is 0 Å². The van der Waals surface area contributed by atoms with Gasteiger partial charge >= 0.3 is 0 Å². The van der Waals surface area contributed by atoms with Crippen LogP contribution < -0.4 is 5.73 Å². The van der Waals surface area contributed by atoms with Gasteiger partial charge in [-0.15, -0.1) is 0 Å². The van der Waals surface area contributed by atoms with E-state index in [1.54, 1.807) is 4.31 Å². The van der Waals surface area contributed by atoms with Crippen LogP contribution >= 0.6 is 0 Å². The van der Waals surface area contributed by atoms with E-state index < -0.39 is 10.0 Å². The standard InChI is InChI=1S/C15H24N2O2S/c1-13(15-5-3-2-4-6-15)12-20(18,19)17-10-8-14(11-17)7-9-16/h2-6,13-14H,7-12,16H2,1H3. The van der Waals surface area contributed by atoms with Gasteiger partial charge in [0.1, 0.15) is 0 Å². The highest BCUT2D eigenvalue weighted by atomic mass is 32.2. The Bertz CT molecular complexity index is 516. The van der Waals surface area contributed by atoms with Crippen LogP contribution in [0.25, 0.3) is 0 Å². The molecule has 0 amide bonds. The fourth-order valence-corrected chi connectivity index (χ4v) is 4.68. The van der Waals surface area contributed by atoms with E-state index in [0.29, 0.717) is 25.6 Å². The topological polar surface area (TPSA) is 63.4 Å². The Balaban J connectivity index is 1.98. The van der Waals surface area contributed by atoms with E-state index in [9.17, 15) is 8.42 Å². The lowest BCUT2D eigenvalue weighted by atomic mass is 10.0. The molecule has 1 saturated heterocycles. The van der Waals surface area contributed by atoms with E-state index in [0.717, 1.165) is 18.4 Å². The molecule has 0 bridgehead atoms. The number of sulfonamides is 1. The Morgan fingerprint density at radius 2 is 2.05 bits per heavy atom. The summed E-state index contributed by atoms with van der Waals surface area (Å²) in [5, 5.41) is 0. The molecule has 1 heterocycles. The van der Waals surface area contributed by atoms with Crippen molar-refractivity contribution in [2.24, 2.45) is 11.7 Å². The fourth-order valence-electron chi connectivity index (χ4n) is 2.82. The Morgan fingerprint density at radius 3 is 2.70 bits per heavy atom. The van der Waals surface area contributed by atoms with Gasteiger partial charge in [-0.1, -0.05) is 37.3 Å². The van der Waals surface area contributed by atoms with Crippen LogP contribution in [-0.4, -0.2) is 38.1 Å². The Hall–Kier alpha value is -0.910. The average molecular weight is 296 g/mol. The van der Waals surface area contributed by atoms with Crippen LogP contribution in [0.1, 0.15) is 31.2 Å². The molecule has 2 unspecified atom stereocenters. The molecule has 20 heavy (non-hydrogen) atoms. The van der Waals surface area contributed by atoms with Crippen LogP contribution in [-0.2, 0) is 10.0 Å². The molecule has 4 nitrogen and oxygen atoms in total. The lowest BCUT2D eigenvalue weighted by molar-refractivity contribution is 0.446. The maximum Gasteiger partial charge on any atom is 0.214 e. The van der Waals surface area contributed by atoms with Crippen molar-refractivity contribution in [3.8, 4) is 0 Å². The molecule has 1 fully saturated rings. The molecule has 0 radical (unpaired) electrons. The molecule has 2 rings (SSSR count). The predicted molar refractivity (Wildman–Crippen MR) is 82.0 cm³/mol. The van der Waals surface area contributed by atoms with Crippen LogP contribution in [0.3, 0.4) is 0 Å². The minimum absolute atomic E-state index is 0.0229. The van der Waals surface area contributed by atoms with Crippen molar-refractivity contribution in [1.82, 2.24) is 4.31 Å². The zero-order valence-electron chi connectivity index (χ0n) is 12.0. The smallest absolute Gasteiger partial charge is 0.214 e. The number of hydrogen-bond acceptors (Lipinski definition) is 3. The SMILES string of the molecule is CC(CS(=O)(=O)N1CCC(CCN)C1)c1ccccc1. The quantitative estimate of drug-likeness (QED) is 0.870. The summed E-state index contributed by atoms with van der Waals surface area (Å²) >= 11 is 0. The first-order valence-corrected chi connectivity index (χ1v) is 8.86. The lowest BCUT2D eigenvalue weighted by Gasteiger charge is -2.19. The van der Waals surface area contributed by atoms with Crippen LogP contribution in [0.2, 0.25) is 0 Å². The first-order valence-electron chi connectivity index (χ1n) is 7.25. The van der Waals surface area contributed by atoms with Crippen molar-refractivity contribution in [1.29, 1.82) is 0 Å². The summed E-state index contributed by atoms with van der Waals surface area (Å²) in [4.78, 5) is 0. The third-order valence-electron chi connectivity index (χ3n) is 4.05. The third kappa shape index (κ3) is 3.81. The minimum Gasteiger partial charge on any atom is -0.330 e. The number of hydrogen-bond donors (Lipinski definition) is 1. The number of nitrogens with zero attached hydrogens (tertiary/aromatic N) is 1. The van der Waals surface area contributed by atoms with Crippen LogP contribution in [0, 0.1) is 5.92 Å². The van der Waals surface area contributed by atoms with Gasteiger partial charge < -0.3 is 5.73 Å². The van der Waals surface area contributed by atoms with Crippen LogP contribution in [0.5, 0.6) is 0 Å². The molecular weight excluding hydrogens is 272 g/mol. The second-order valence-electron chi connectivity index (χ2n) is 5.68. The average Bonchev–Trinajstić information content (AvgIpc) is 2.89. The molecule has 1 aromatic rings. The van der Waals surface area contributed by atoms with E-state index >= 15 is 0 Å². The van der Waals surface area contributed by atoms with Gasteiger partial charge in [0.25, 0.3) is 0 Å². The largest absolute Gasteiger partial charge is 0.330 e. The summed E-state index contributed by atoms with van der Waals surface area (Å²) in [6, 6.07) is 9.82. The van der Waals surface area contributed by atoms with Crippen LogP contribution in [0.4, 0.5) is 0 Å². The molecule has 0 saturated carbocycles. The fraction of sp³-hybridized carbons (Fsp3) is 0.600. The third-order valence-corrected chi connectivity index (χ3v) is 6.09. The van der Waals surface area contributed by atoms with Gasteiger partial charge in [-0.3, -0.25) is 0 Å². The van der Waals surface area contributed by atoms with E-state index in [-0.39, 0.29) is 11.7 Å². The minimum atomic E-state index is -3.17. The Labute approximate surface area is 122 Å². The van der Waals surface area contributed by atoms with Gasteiger partial charge in [-0.25, -0.2) is 12.7 Å². The zero-order chi connectivity index (χ0) is 14.6. The van der Waals surface area contributed by atoms with E-state index in [4.69, 9.17) is 5.73 Å². The van der Waals surface area contributed by atoms with Crippen molar-refractivity contribution in [3.05, 3.63) is 35.9 Å². The molecule has 1 aliphatic rings. The van der Waals surface area contributed by atoms with Gasteiger partial charge in [0, 0.05) is 13.1 Å². The van der Waals surface area contributed by atoms with Crippen molar-refractivity contribution in [3.63, 3.8) is 0 Å². The summed E-state index contributed by atoms with van der Waals surface area (Å²) in [6.45, 7) is 3.90. The maximum atomic E-state index is 12.5. The number of nitrogens with two attached hydrogens (primary N) is 1. The van der Waals surface area contributed by atoms with Crippen molar-refractivity contribution in [2.45, 2.75) is 25.7 Å². The van der Waals surface area contributed by atoms with Gasteiger partial charge in [-0.05, 0) is 36.8 Å². The summed E-state index contributed by atoms with van der Waals surface area (Å²) in [5.74, 6) is 0.642. The summed E-state index contributed by atoms with van der Waals surface area (Å²) in [5.41, 5.74) is 6.63. The van der Waals surface area contributed by atoms with Gasteiger partial charge in [-0.2, -0.15) is 0 Å². The number of rotatable bonds is 6. The van der Waals surface area contributed by atoms with E-state index in [1.165, 1.54) is 0 Å². The van der Waals surface area contributed by atoms with Crippen molar-refractivity contribution >= 4 is 10.0 Å². The van der Waals surface area contributed by atoms with Crippen LogP contribution in [0.15, 0.2) is 30.3 Å². The second kappa shape index (κ2) is 6.70. The van der Waals surface area contributed by atoms with E-state index in [1.807, 2.05) is 37.3 Å². The zero-order valence-corrected chi connectivity index (χ0v) is 12.8. The summed E-state index contributed by atoms with van der Waals surface area (Å²) in [7, 11) is -3.17. The Morgan fingerprint density at radius 1 is 1.35 bits per heavy atom. The summed E-state index contributed by atoms with van der Waals surface area (Å²) in [6.07, 6.45) is 1.86. The molecule has 2 N–H and O–H groups in total. The highest BCUT2D eigenvalue weighted by Crippen LogP contribution is 2.25. The molecule has 1 aromatic carbocycles. The van der Waals surface area contributed by atoms with Gasteiger partial charge in [0.05, 0.1) is 5.75 Å². The normalized spacial score (nSPS) is 22.0. The molecule has 2 atom stereocenters. The molecule has 0 aromatic heterocycles. The molecule has 1 aliphatic heterocycles. The Kier molecular flexibility index (Phi) is 5.18. The second-order valence-corrected chi connectivity index (χ2v) is 7.69. The molecule has 112 valence electrons. The molecule has 0 aliphatic carbocycles. The monoisotopic (exact) mass is 296 g/mol. The van der Waals surface area contributed by atoms with Gasteiger partial charge in [0.2, 0.25) is 10.0 Å². The lowest BCUT2D eigenvalue weighted by Crippen LogP contribution is -2.32. The van der Waals surface area contributed by atoms with Crippen molar-refractivity contribution < 1.29 is 8.42 Å². The molecule has 0 spiro atoms. The highest BCUT2D eigenvalue weighted by molar-refractivity contribution is 7.89. The predicted octanol–water partition coefficient (Wildman–Crippen LogP) is 1.79. The highest BCUT2D eigenvalue weighted by Gasteiger charge is 2.31. The maximum absolute atomic E-state index is 12.5. The first-order chi connectivity index (χ1) is 9.53. The number of benzene rings is 1. The van der Waals surface area contributed by atoms with Crippen molar-refractivity contribution in [2.75, 3.05) is 25.4 Å².